The van der Waals surface area contributed by atoms with E-state index in [2.05, 4.69) is 135 Å². The molecule has 8 aromatic rings. The molecule has 1 aliphatic carbocycles. The van der Waals surface area contributed by atoms with E-state index < -0.39 is 0 Å². The minimum absolute atomic E-state index is 1.29. The summed E-state index contributed by atoms with van der Waals surface area (Å²) in [7, 11) is 0. The van der Waals surface area contributed by atoms with Crippen LogP contribution in [0.25, 0.3) is 87.2 Å². The van der Waals surface area contributed by atoms with Crippen molar-refractivity contribution in [3.05, 3.63) is 132 Å². The molecule has 0 unspecified atom stereocenters. The molecule has 0 spiro atoms. The van der Waals surface area contributed by atoms with Crippen molar-refractivity contribution in [1.82, 2.24) is 0 Å². The quantitative estimate of drug-likeness (QED) is 0.194. The lowest BCUT2D eigenvalue weighted by Crippen LogP contribution is -1.91. The SMILES string of the molecule is Cc1cccc(-c2cc(C)c3c4c(cccc24)-c2c-3c3c4ccccc4ccc3c3ccc4ccccc4c23)c1. The van der Waals surface area contributed by atoms with Crippen molar-refractivity contribution < 1.29 is 0 Å². The second-order valence-electron chi connectivity index (χ2n) is 11.4. The fraction of sp³-hybridized carbons (Fsp3) is 0.0500. The molecule has 0 fully saturated rings. The first-order valence-corrected chi connectivity index (χ1v) is 14.1. The number of hydrogen-bond acceptors (Lipinski definition) is 0. The van der Waals surface area contributed by atoms with E-state index in [1.165, 1.54) is 98.4 Å². The molecule has 9 rings (SSSR count). The molecule has 0 bridgehead atoms. The molecule has 0 heteroatoms. The minimum atomic E-state index is 1.29. The molecule has 0 aliphatic heterocycles. The van der Waals surface area contributed by atoms with Gasteiger partial charge in [0.2, 0.25) is 0 Å². The summed E-state index contributed by atoms with van der Waals surface area (Å²) in [5, 5.41) is 13.4. The Hall–Kier alpha value is -4.94. The van der Waals surface area contributed by atoms with Crippen LogP contribution in [0.1, 0.15) is 11.1 Å². The molecule has 186 valence electrons. The van der Waals surface area contributed by atoms with Crippen LogP contribution in [0, 0.1) is 13.8 Å². The molecular weight excluding hydrogens is 480 g/mol. The van der Waals surface area contributed by atoms with Gasteiger partial charge in [0.25, 0.3) is 0 Å². The minimum Gasteiger partial charge on any atom is -0.0616 e. The van der Waals surface area contributed by atoms with Gasteiger partial charge >= 0.3 is 0 Å². The van der Waals surface area contributed by atoms with E-state index in [1.54, 1.807) is 0 Å². The first-order valence-electron chi connectivity index (χ1n) is 14.1. The largest absolute Gasteiger partial charge is 0.0616 e. The molecule has 0 atom stereocenters. The van der Waals surface area contributed by atoms with Crippen LogP contribution in [0.5, 0.6) is 0 Å². The van der Waals surface area contributed by atoms with E-state index in [4.69, 9.17) is 0 Å². The molecule has 0 aromatic heterocycles. The highest BCUT2D eigenvalue weighted by atomic mass is 14.3. The monoisotopic (exact) mass is 506 g/mol. The van der Waals surface area contributed by atoms with E-state index in [9.17, 15) is 0 Å². The van der Waals surface area contributed by atoms with Crippen LogP contribution >= 0.6 is 0 Å². The number of rotatable bonds is 1. The fourth-order valence-electron chi connectivity index (χ4n) is 7.49. The summed E-state index contributed by atoms with van der Waals surface area (Å²) in [4.78, 5) is 0. The van der Waals surface area contributed by atoms with E-state index in [1.807, 2.05) is 0 Å². The van der Waals surface area contributed by atoms with Gasteiger partial charge in [0.1, 0.15) is 0 Å². The molecule has 8 aromatic carbocycles. The van der Waals surface area contributed by atoms with Crippen LogP contribution in [-0.2, 0) is 0 Å². The lowest BCUT2D eigenvalue weighted by Gasteiger charge is -2.18. The van der Waals surface area contributed by atoms with Crippen molar-refractivity contribution >= 4 is 53.9 Å². The molecular formula is C40H26. The summed E-state index contributed by atoms with van der Waals surface area (Å²) in [5.41, 5.74) is 10.8. The maximum atomic E-state index is 2.43. The first kappa shape index (κ1) is 21.9. The van der Waals surface area contributed by atoms with Gasteiger partial charge in [-0.1, -0.05) is 127 Å². The van der Waals surface area contributed by atoms with Gasteiger partial charge in [-0.25, -0.2) is 0 Å². The second-order valence-corrected chi connectivity index (χ2v) is 11.4. The topological polar surface area (TPSA) is 0 Å². The summed E-state index contributed by atoms with van der Waals surface area (Å²) < 4.78 is 0. The fourth-order valence-corrected chi connectivity index (χ4v) is 7.49. The van der Waals surface area contributed by atoms with Crippen molar-refractivity contribution in [3.8, 4) is 33.4 Å². The van der Waals surface area contributed by atoms with Crippen molar-refractivity contribution in [3.63, 3.8) is 0 Å². The Balaban J connectivity index is 1.58. The highest BCUT2D eigenvalue weighted by Crippen LogP contribution is 2.57. The molecule has 1 aliphatic rings. The third kappa shape index (κ3) is 2.75. The van der Waals surface area contributed by atoms with Crippen molar-refractivity contribution in [1.29, 1.82) is 0 Å². The molecule has 0 nitrogen and oxygen atoms in total. The maximum absolute atomic E-state index is 2.43. The Morgan fingerprint density at radius 2 is 1.00 bits per heavy atom. The van der Waals surface area contributed by atoms with Gasteiger partial charge in [-0.05, 0) is 107 Å². The second kappa shape index (κ2) is 7.81. The highest BCUT2D eigenvalue weighted by Gasteiger charge is 2.30. The molecule has 0 saturated heterocycles. The Morgan fingerprint density at radius 1 is 0.375 bits per heavy atom. The zero-order valence-corrected chi connectivity index (χ0v) is 22.5. The summed E-state index contributed by atoms with van der Waals surface area (Å²) in [5.74, 6) is 0. The van der Waals surface area contributed by atoms with Crippen LogP contribution in [0.3, 0.4) is 0 Å². The van der Waals surface area contributed by atoms with Gasteiger partial charge in [-0.2, -0.15) is 0 Å². The molecule has 0 N–H and O–H groups in total. The van der Waals surface area contributed by atoms with Crippen LogP contribution in [0.4, 0.5) is 0 Å². The third-order valence-corrected chi connectivity index (χ3v) is 9.11. The lowest BCUT2D eigenvalue weighted by molar-refractivity contribution is 1.46. The molecule has 0 heterocycles. The van der Waals surface area contributed by atoms with Gasteiger partial charge in [0, 0.05) is 0 Å². The molecule has 40 heavy (non-hydrogen) atoms. The first-order chi connectivity index (χ1) is 19.7. The Bertz CT molecular complexity index is 2390. The predicted molar refractivity (Wildman–Crippen MR) is 173 cm³/mol. The van der Waals surface area contributed by atoms with Crippen LogP contribution in [0.2, 0.25) is 0 Å². The van der Waals surface area contributed by atoms with Crippen LogP contribution in [0.15, 0.2) is 121 Å². The van der Waals surface area contributed by atoms with E-state index in [-0.39, 0.29) is 0 Å². The zero-order chi connectivity index (χ0) is 26.5. The smallest absolute Gasteiger partial charge is 0.000452 e. The van der Waals surface area contributed by atoms with Crippen molar-refractivity contribution in [2.75, 3.05) is 0 Å². The van der Waals surface area contributed by atoms with Crippen LogP contribution in [-0.4, -0.2) is 0 Å². The summed E-state index contributed by atoms with van der Waals surface area (Å²) in [6, 6.07) is 45.4. The molecule has 0 saturated carbocycles. The standard InChI is InChI=1S/C40H26/c1-23-9-7-12-27(21-23)34-22-24(2)35-38-30(34)15-8-16-33(38)39-36-28-13-5-3-10-25(28)17-19-31(36)32-20-18-26-11-4-6-14-29(26)37(32)40(35)39/h3-22H,1-2H3. The third-order valence-electron chi connectivity index (χ3n) is 9.11. The van der Waals surface area contributed by atoms with E-state index in [0.29, 0.717) is 0 Å². The average molecular weight is 507 g/mol. The van der Waals surface area contributed by atoms with Crippen LogP contribution < -0.4 is 0 Å². The van der Waals surface area contributed by atoms with Gasteiger partial charge in [-0.3, -0.25) is 0 Å². The van der Waals surface area contributed by atoms with Crippen molar-refractivity contribution in [2.45, 2.75) is 13.8 Å². The number of hydrogen-bond donors (Lipinski definition) is 0. The predicted octanol–water partition coefficient (Wildman–Crippen LogP) is 11.4. The van der Waals surface area contributed by atoms with E-state index >= 15 is 0 Å². The summed E-state index contributed by atoms with van der Waals surface area (Å²) in [6.07, 6.45) is 0. The Morgan fingerprint density at radius 3 is 1.70 bits per heavy atom. The summed E-state index contributed by atoms with van der Waals surface area (Å²) >= 11 is 0. The Labute approximate surface area is 233 Å². The zero-order valence-electron chi connectivity index (χ0n) is 22.5. The molecule has 0 amide bonds. The molecule has 0 radical (unpaired) electrons. The number of benzene rings is 8. The van der Waals surface area contributed by atoms with Gasteiger partial charge in [-0.15, -0.1) is 0 Å². The number of aryl methyl sites for hydroxylation is 2. The Kier molecular flexibility index (Phi) is 4.28. The van der Waals surface area contributed by atoms with Gasteiger partial charge < -0.3 is 0 Å². The average Bonchev–Trinajstić information content (AvgIpc) is 3.35. The number of fused-ring (bicyclic) bond motifs is 12. The van der Waals surface area contributed by atoms with Gasteiger partial charge in [0.05, 0.1) is 0 Å². The van der Waals surface area contributed by atoms with E-state index in [0.717, 1.165) is 0 Å². The van der Waals surface area contributed by atoms with Crippen molar-refractivity contribution in [2.24, 2.45) is 0 Å². The highest BCUT2D eigenvalue weighted by molar-refractivity contribution is 6.38. The maximum Gasteiger partial charge on any atom is -0.000452 e. The normalized spacial score (nSPS) is 12.2. The summed E-state index contributed by atoms with van der Waals surface area (Å²) in [6.45, 7) is 4.49. The van der Waals surface area contributed by atoms with Gasteiger partial charge in [0.15, 0.2) is 0 Å². The lowest BCUT2D eigenvalue weighted by atomic mass is 9.85.